The predicted molar refractivity (Wildman–Crippen MR) is 137 cm³/mol. The van der Waals surface area contributed by atoms with Gasteiger partial charge in [-0.3, -0.25) is 9.59 Å². The van der Waals surface area contributed by atoms with Gasteiger partial charge in [0.25, 0.3) is 5.56 Å². The minimum atomic E-state index is -0.669. The van der Waals surface area contributed by atoms with Crippen molar-refractivity contribution >= 4 is 22.6 Å². The standard InChI is InChI=1S/C27H28N4O4/c1-15-11-17(3)24(18(4)12-15)29-22(32)14-30-26(33)23-16(2)13-19(5)28-25(23)31(27(30)34)20-9-7-8-10-21(20)35-6/h7-13H,14H2,1-6H3,(H,29,32). The zero-order valence-corrected chi connectivity index (χ0v) is 20.7. The molecule has 0 aliphatic rings. The molecule has 0 saturated heterocycles. The molecule has 8 heteroatoms. The first kappa shape index (κ1) is 23.9. The summed E-state index contributed by atoms with van der Waals surface area (Å²) in [5, 5.41) is 3.15. The van der Waals surface area contributed by atoms with E-state index in [1.807, 2.05) is 32.9 Å². The molecule has 180 valence electrons. The van der Waals surface area contributed by atoms with Gasteiger partial charge in [-0.25, -0.2) is 18.9 Å². The number of amides is 1. The van der Waals surface area contributed by atoms with E-state index < -0.39 is 23.7 Å². The molecule has 2 aromatic heterocycles. The van der Waals surface area contributed by atoms with E-state index in [-0.39, 0.29) is 11.0 Å². The number of nitrogens with zero attached hydrogens (tertiary/aromatic N) is 3. The maximum absolute atomic E-state index is 13.7. The van der Waals surface area contributed by atoms with Gasteiger partial charge in [0.2, 0.25) is 5.91 Å². The summed E-state index contributed by atoms with van der Waals surface area (Å²) in [6, 6.07) is 12.7. The molecule has 0 atom stereocenters. The molecule has 1 amide bonds. The molecule has 4 rings (SSSR count). The molecule has 0 radical (unpaired) electrons. The van der Waals surface area contributed by atoms with Crippen LogP contribution >= 0.6 is 0 Å². The number of pyridine rings is 1. The molecule has 8 nitrogen and oxygen atoms in total. The molecule has 2 heterocycles. The maximum Gasteiger partial charge on any atom is 0.337 e. The van der Waals surface area contributed by atoms with Crippen LogP contribution in [0.5, 0.6) is 5.75 Å². The van der Waals surface area contributed by atoms with E-state index >= 15 is 0 Å². The monoisotopic (exact) mass is 472 g/mol. The summed E-state index contributed by atoms with van der Waals surface area (Å²) >= 11 is 0. The van der Waals surface area contributed by atoms with Gasteiger partial charge in [0.05, 0.1) is 18.2 Å². The summed E-state index contributed by atoms with van der Waals surface area (Å²) in [6.45, 7) is 8.95. The van der Waals surface area contributed by atoms with Gasteiger partial charge in [0.15, 0.2) is 5.65 Å². The molecule has 0 aliphatic heterocycles. The van der Waals surface area contributed by atoms with Gasteiger partial charge >= 0.3 is 5.69 Å². The summed E-state index contributed by atoms with van der Waals surface area (Å²) < 4.78 is 7.77. The first-order valence-corrected chi connectivity index (χ1v) is 11.3. The highest BCUT2D eigenvalue weighted by molar-refractivity contribution is 5.92. The number of benzene rings is 2. The van der Waals surface area contributed by atoms with Gasteiger partial charge in [-0.1, -0.05) is 29.8 Å². The van der Waals surface area contributed by atoms with Crippen LogP contribution in [0.15, 0.2) is 52.1 Å². The van der Waals surface area contributed by atoms with Crippen molar-refractivity contribution in [3.8, 4) is 11.4 Å². The number of ether oxygens (including phenoxy) is 1. The number of aryl methyl sites for hydroxylation is 5. The summed E-state index contributed by atoms with van der Waals surface area (Å²) in [7, 11) is 1.51. The Balaban J connectivity index is 1.92. The van der Waals surface area contributed by atoms with Crippen LogP contribution in [0.3, 0.4) is 0 Å². The molecule has 1 N–H and O–H groups in total. The van der Waals surface area contributed by atoms with Crippen LogP contribution in [0.1, 0.15) is 27.9 Å². The lowest BCUT2D eigenvalue weighted by Gasteiger charge is -2.17. The van der Waals surface area contributed by atoms with E-state index in [4.69, 9.17) is 4.74 Å². The van der Waals surface area contributed by atoms with Gasteiger partial charge in [0, 0.05) is 11.4 Å². The van der Waals surface area contributed by atoms with E-state index in [0.717, 1.165) is 21.3 Å². The van der Waals surface area contributed by atoms with Crippen molar-refractivity contribution in [3.63, 3.8) is 0 Å². The fraction of sp³-hybridized carbons (Fsp3) is 0.259. The molecule has 0 saturated carbocycles. The fourth-order valence-electron chi connectivity index (χ4n) is 4.55. The predicted octanol–water partition coefficient (Wildman–Crippen LogP) is 3.74. The van der Waals surface area contributed by atoms with Crippen molar-refractivity contribution in [1.82, 2.24) is 14.1 Å². The second-order valence-corrected chi connectivity index (χ2v) is 8.78. The largest absolute Gasteiger partial charge is 0.495 e. The fourth-order valence-corrected chi connectivity index (χ4v) is 4.55. The highest BCUT2D eigenvalue weighted by atomic mass is 16.5. The van der Waals surface area contributed by atoms with Crippen LogP contribution < -0.4 is 21.3 Å². The van der Waals surface area contributed by atoms with Gasteiger partial charge in [-0.2, -0.15) is 0 Å². The Morgan fingerprint density at radius 2 is 1.63 bits per heavy atom. The van der Waals surface area contributed by atoms with Gasteiger partial charge in [-0.15, -0.1) is 0 Å². The SMILES string of the molecule is COc1ccccc1-n1c(=O)n(CC(=O)Nc2c(C)cc(C)cc2C)c(=O)c2c(C)cc(C)nc21. The number of anilines is 1. The summed E-state index contributed by atoms with van der Waals surface area (Å²) in [4.78, 5) is 44.8. The molecule has 4 aromatic rings. The van der Waals surface area contributed by atoms with E-state index in [1.165, 1.54) is 11.7 Å². The van der Waals surface area contributed by atoms with Crippen molar-refractivity contribution in [2.45, 2.75) is 41.2 Å². The molecule has 0 spiro atoms. The minimum absolute atomic E-state index is 0.226. The number of carbonyl (C=O) groups is 1. The van der Waals surface area contributed by atoms with Crippen molar-refractivity contribution in [2.24, 2.45) is 0 Å². The average molecular weight is 473 g/mol. The first-order chi connectivity index (χ1) is 16.6. The Labute approximate surface area is 202 Å². The van der Waals surface area contributed by atoms with E-state index in [2.05, 4.69) is 10.3 Å². The Bertz CT molecular complexity index is 1570. The number of aromatic nitrogens is 3. The molecule has 2 aromatic carbocycles. The van der Waals surface area contributed by atoms with Crippen LogP contribution in [0.4, 0.5) is 5.69 Å². The average Bonchev–Trinajstić information content (AvgIpc) is 2.79. The number of carbonyl (C=O) groups excluding carboxylic acids is 1. The third-order valence-corrected chi connectivity index (χ3v) is 5.99. The minimum Gasteiger partial charge on any atom is -0.495 e. The lowest BCUT2D eigenvalue weighted by atomic mass is 10.1. The molecule has 35 heavy (non-hydrogen) atoms. The Hall–Kier alpha value is -4.20. The third-order valence-electron chi connectivity index (χ3n) is 5.99. The number of rotatable bonds is 5. The third kappa shape index (κ3) is 4.35. The van der Waals surface area contributed by atoms with Crippen molar-refractivity contribution in [1.29, 1.82) is 0 Å². The maximum atomic E-state index is 13.7. The Morgan fingerprint density at radius 3 is 2.29 bits per heavy atom. The summed E-state index contributed by atoms with van der Waals surface area (Å²) in [5.41, 5.74) is 4.33. The van der Waals surface area contributed by atoms with Gasteiger partial charge < -0.3 is 10.1 Å². The summed E-state index contributed by atoms with van der Waals surface area (Å²) in [5.74, 6) is -0.0275. The number of fused-ring (bicyclic) bond motifs is 1. The second-order valence-electron chi connectivity index (χ2n) is 8.78. The lowest BCUT2D eigenvalue weighted by Crippen LogP contribution is -2.43. The molecule has 0 aliphatic carbocycles. The number of para-hydroxylation sites is 2. The number of hydrogen-bond donors (Lipinski definition) is 1. The topological polar surface area (TPSA) is 95.2 Å². The van der Waals surface area contributed by atoms with Crippen molar-refractivity contribution < 1.29 is 9.53 Å². The normalized spacial score (nSPS) is 11.0. The van der Waals surface area contributed by atoms with Crippen LogP contribution in [0.25, 0.3) is 16.7 Å². The van der Waals surface area contributed by atoms with E-state index in [9.17, 15) is 14.4 Å². The zero-order chi connectivity index (χ0) is 25.4. The van der Waals surface area contributed by atoms with Gasteiger partial charge in [0.1, 0.15) is 12.3 Å². The van der Waals surface area contributed by atoms with E-state index in [0.29, 0.717) is 28.4 Å². The molecule has 0 unspecified atom stereocenters. The summed E-state index contributed by atoms with van der Waals surface area (Å²) in [6.07, 6.45) is 0. The molecular weight excluding hydrogens is 444 g/mol. The number of nitrogens with one attached hydrogen (secondary N) is 1. The smallest absolute Gasteiger partial charge is 0.337 e. The Kier molecular flexibility index (Phi) is 6.30. The lowest BCUT2D eigenvalue weighted by molar-refractivity contribution is -0.116. The van der Waals surface area contributed by atoms with Crippen molar-refractivity contribution in [3.05, 3.63) is 91.3 Å². The van der Waals surface area contributed by atoms with E-state index in [1.54, 1.807) is 44.2 Å². The quantitative estimate of drug-likeness (QED) is 0.478. The first-order valence-electron chi connectivity index (χ1n) is 11.3. The van der Waals surface area contributed by atoms with Crippen molar-refractivity contribution in [2.75, 3.05) is 12.4 Å². The molecule has 0 fully saturated rings. The number of hydrogen-bond acceptors (Lipinski definition) is 5. The second kappa shape index (κ2) is 9.21. The van der Waals surface area contributed by atoms with Crippen LogP contribution in [0, 0.1) is 34.6 Å². The highest BCUT2D eigenvalue weighted by Crippen LogP contribution is 2.25. The molecular formula is C27H28N4O4. The molecule has 0 bridgehead atoms. The highest BCUT2D eigenvalue weighted by Gasteiger charge is 2.21. The Morgan fingerprint density at radius 1 is 0.971 bits per heavy atom. The van der Waals surface area contributed by atoms with Gasteiger partial charge in [-0.05, 0) is 69.5 Å². The van der Waals surface area contributed by atoms with Crippen LogP contribution in [-0.2, 0) is 11.3 Å². The van der Waals surface area contributed by atoms with Crippen LogP contribution in [0.2, 0.25) is 0 Å². The number of methoxy groups -OCH3 is 1. The zero-order valence-electron chi connectivity index (χ0n) is 20.7. The van der Waals surface area contributed by atoms with Crippen LogP contribution in [-0.4, -0.2) is 27.1 Å².